The van der Waals surface area contributed by atoms with Gasteiger partial charge in [0, 0.05) is 0 Å². The Bertz CT molecular complexity index is 1060. The van der Waals surface area contributed by atoms with Gasteiger partial charge in [0.25, 0.3) is 11.8 Å². The van der Waals surface area contributed by atoms with E-state index in [4.69, 9.17) is 4.84 Å². The van der Waals surface area contributed by atoms with Gasteiger partial charge in [0.1, 0.15) is 11.6 Å². The van der Waals surface area contributed by atoms with Gasteiger partial charge in [0.15, 0.2) is 5.16 Å². The molecule has 3 aromatic rings. The number of nitrogens with zero attached hydrogens (tertiary/aromatic N) is 4. The van der Waals surface area contributed by atoms with Crippen molar-refractivity contribution in [2.75, 3.05) is 5.75 Å². The SMILES string of the molecule is Cc1nnc(SCC(=O)ON2C(=O)c3ccccc3C2=O)n1Cc1ccccc1. The lowest BCUT2D eigenvalue weighted by Crippen LogP contribution is -2.33. The predicted octanol–water partition coefficient (Wildman–Crippen LogP) is 2.48. The van der Waals surface area contributed by atoms with Crippen LogP contribution < -0.4 is 0 Å². The molecule has 0 unspecified atom stereocenters. The van der Waals surface area contributed by atoms with Gasteiger partial charge in [-0.1, -0.05) is 59.3 Å². The summed E-state index contributed by atoms with van der Waals surface area (Å²) in [5.41, 5.74) is 1.51. The fourth-order valence-electron chi connectivity index (χ4n) is 2.92. The van der Waals surface area contributed by atoms with E-state index in [0.717, 1.165) is 17.3 Å². The Labute approximate surface area is 170 Å². The van der Waals surface area contributed by atoms with Gasteiger partial charge in [0.05, 0.1) is 17.7 Å². The van der Waals surface area contributed by atoms with Crippen LogP contribution in [0.4, 0.5) is 0 Å². The van der Waals surface area contributed by atoms with E-state index in [1.54, 1.807) is 12.1 Å². The molecule has 0 fully saturated rings. The van der Waals surface area contributed by atoms with Crippen LogP contribution >= 0.6 is 11.8 Å². The Kier molecular flexibility index (Phi) is 5.13. The number of hydrogen-bond acceptors (Lipinski definition) is 7. The molecular weight excluding hydrogens is 392 g/mol. The van der Waals surface area contributed by atoms with Crippen LogP contribution in [0.15, 0.2) is 59.8 Å². The third-order valence-corrected chi connectivity index (χ3v) is 5.29. The number of carbonyl (C=O) groups excluding carboxylic acids is 3. The smallest absolute Gasteiger partial charge is 0.329 e. The van der Waals surface area contributed by atoms with Crippen LogP contribution in [0.3, 0.4) is 0 Å². The molecule has 1 aliphatic rings. The van der Waals surface area contributed by atoms with Crippen molar-refractivity contribution in [3.05, 3.63) is 77.1 Å². The van der Waals surface area contributed by atoms with E-state index >= 15 is 0 Å². The van der Waals surface area contributed by atoms with Crippen molar-refractivity contribution < 1.29 is 19.2 Å². The zero-order valence-electron chi connectivity index (χ0n) is 15.4. The highest BCUT2D eigenvalue weighted by molar-refractivity contribution is 7.99. The first-order chi connectivity index (χ1) is 14.0. The van der Waals surface area contributed by atoms with Crippen molar-refractivity contribution in [3.8, 4) is 0 Å². The van der Waals surface area contributed by atoms with E-state index in [-0.39, 0.29) is 16.9 Å². The summed E-state index contributed by atoms with van der Waals surface area (Å²) in [6, 6.07) is 16.1. The van der Waals surface area contributed by atoms with Gasteiger partial charge in [-0.2, -0.15) is 0 Å². The average molecular weight is 408 g/mol. The number of aryl methyl sites for hydroxylation is 1. The summed E-state index contributed by atoms with van der Waals surface area (Å²) in [6.45, 7) is 2.40. The first-order valence-electron chi connectivity index (χ1n) is 8.79. The Morgan fingerprint density at radius 2 is 1.59 bits per heavy atom. The predicted molar refractivity (Wildman–Crippen MR) is 104 cm³/mol. The Morgan fingerprint density at radius 1 is 0.966 bits per heavy atom. The van der Waals surface area contributed by atoms with E-state index in [1.807, 2.05) is 41.8 Å². The highest BCUT2D eigenvalue weighted by Crippen LogP contribution is 2.24. The van der Waals surface area contributed by atoms with Gasteiger partial charge < -0.3 is 9.40 Å². The molecule has 146 valence electrons. The van der Waals surface area contributed by atoms with Crippen LogP contribution in [0.5, 0.6) is 0 Å². The van der Waals surface area contributed by atoms with Crippen LogP contribution in [0, 0.1) is 6.92 Å². The lowest BCUT2D eigenvalue weighted by Gasteiger charge is -2.12. The Morgan fingerprint density at radius 3 is 2.24 bits per heavy atom. The highest BCUT2D eigenvalue weighted by Gasteiger charge is 2.38. The molecule has 0 saturated carbocycles. The maximum Gasteiger partial charge on any atom is 0.343 e. The number of hydrogen-bond donors (Lipinski definition) is 0. The van der Waals surface area contributed by atoms with Gasteiger partial charge in [-0.3, -0.25) is 9.59 Å². The van der Waals surface area contributed by atoms with Crippen LogP contribution in [0.25, 0.3) is 0 Å². The molecule has 0 atom stereocenters. The summed E-state index contributed by atoms with van der Waals surface area (Å²) >= 11 is 1.13. The minimum Gasteiger partial charge on any atom is -0.329 e. The number of amides is 2. The molecule has 0 saturated heterocycles. The maximum absolute atomic E-state index is 12.3. The first kappa shape index (κ1) is 18.9. The summed E-state index contributed by atoms with van der Waals surface area (Å²) in [6.07, 6.45) is 0. The van der Waals surface area contributed by atoms with E-state index in [2.05, 4.69) is 10.2 Å². The highest BCUT2D eigenvalue weighted by atomic mass is 32.2. The first-order valence-corrected chi connectivity index (χ1v) is 9.78. The molecule has 0 bridgehead atoms. The van der Waals surface area contributed by atoms with E-state index < -0.39 is 17.8 Å². The van der Waals surface area contributed by atoms with Gasteiger partial charge >= 0.3 is 5.97 Å². The minimum absolute atomic E-state index is 0.125. The topological polar surface area (TPSA) is 94.4 Å². The number of imide groups is 1. The number of rotatable bonds is 6. The second kappa shape index (κ2) is 7.88. The maximum atomic E-state index is 12.3. The van der Waals surface area contributed by atoms with Crippen molar-refractivity contribution in [3.63, 3.8) is 0 Å². The molecule has 0 spiro atoms. The lowest BCUT2D eigenvalue weighted by atomic mass is 10.1. The normalized spacial score (nSPS) is 12.9. The lowest BCUT2D eigenvalue weighted by molar-refractivity contribution is -0.165. The van der Waals surface area contributed by atoms with Crippen molar-refractivity contribution in [1.82, 2.24) is 19.8 Å². The van der Waals surface area contributed by atoms with Crippen molar-refractivity contribution in [2.45, 2.75) is 18.6 Å². The summed E-state index contributed by atoms with van der Waals surface area (Å²) < 4.78 is 1.88. The summed E-state index contributed by atoms with van der Waals surface area (Å²) in [5, 5.41) is 9.22. The van der Waals surface area contributed by atoms with Crippen LogP contribution in [0.1, 0.15) is 32.1 Å². The molecular formula is C20H16N4O4S. The van der Waals surface area contributed by atoms with Crippen LogP contribution in [-0.2, 0) is 16.2 Å². The van der Waals surface area contributed by atoms with Gasteiger partial charge in [-0.25, -0.2) is 4.79 Å². The number of aromatic nitrogens is 3. The van der Waals surface area contributed by atoms with E-state index in [9.17, 15) is 14.4 Å². The fraction of sp³-hybridized carbons (Fsp3) is 0.150. The van der Waals surface area contributed by atoms with Crippen LogP contribution in [-0.4, -0.2) is 43.4 Å². The molecule has 1 aliphatic heterocycles. The Balaban J connectivity index is 1.40. The molecule has 1 aromatic heterocycles. The van der Waals surface area contributed by atoms with Crippen molar-refractivity contribution >= 4 is 29.5 Å². The van der Waals surface area contributed by atoms with Crippen molar-refractivity contribution in [1.29, 1.82) is 0 Å². The average Bonchev–Trinajstić information content (AvgIpc) is 3.20. The van der Waals surface area contributed by atoms with Gasteiger partial charge in [-0.15, -0.1) is 10.2 Å². The molecule has 0 N–H and O–H groups in total. The molecule has 4 rings (SSSR count). The van der Waals surface area contributed by atoms with Gasteiger partial charge in [-0.05, 0) is 24.6 Å². The minimum atomic E-state index is -0.726. The molecule has 8 nitrogen and oxygen atoms in total. The standard InChI is InChI=1S/C20H16N4O4S/c1-13-21-22-20(23(13)11-14-7-3-2-4-8-14)29-12-17(25)28-24-18(26)15-9-5-6-10-16(15)19(24)27/h2-10H,11-12H2,1H3. The molecule has 9 heteroatoms. The number of benzene rings is 2. The number of hydroxylamine groups is 2. The molecule has 0 radical (unpaired) electrons. The summed E-state index contributed by atoms with van der Waals surface area (Å²) in [5.74, 6) is -1.43. The fourth-order valence-corrected chi connectivity index (χ4v) is 3.67. The quantitative estimate of drug-likeness (QED) is 0.457. The van der Waals surface area contributed by atoms with Crippen molar-refractivity contribution in [2.24, 2.45) is 0 Å². The number of carbonyl (C=O) groups is 3. The third kappa shape index (κ3) is 3.77. The number of fused-ring (bicyclic) bond motifs is 1. The van der Waals surface area contributed by atoms with E-state index in [0.29, 0.717) is 22.6 Å². The third-order valence-electron chi connectivity index (χ3n) is 4.35. The summed E-state index contributed by atoms with van der Waals surface area (Å²) in [4.78, 5) is 41.8. The molecule has 2 amide bonds. The number of thioether (sulfide) groups is 1. The largest absolute Gasteiger partial charge is 0.343 e. The summed E-state index contributed by atoms with van der Waals surface area (Å²) in [7, 11) is 0. The molecule has 29 heavy (non-hydrogen) atoms. The Hall–Kier alpha value is -3.46. The molecule has 2 aromatic carbocycles. The monoisotopic (exact) mass is 408 g/mol. The zero-order chi connectivity index (χ0) is 20.4. The second-order valence-corrected chi connectivity index (χ2v) is 7.25. The van der Waals surface area contributed by atoms with Gasteiger partial charge in [0.2, 0.25) is 0 Å². The zero-order valence-corrected chi connectivity index (χ0v) is 16.3. The molecule has 0 aliphatic carbocycles. The van der Waals surface area contributed by atoms with E-state index in [1.165, 1.54) is 12.1 Å². The van der Waals surface area contributed by atoms with Crippen LogP contribution in [0.2, 0.25) is 0 Å². The molecule has 2 heterocycles. The second-order valence-electron chi connectivity index (χ2n) is 6.30.